The summed E-state index contributed by atoms with van der Waals surface area (Å²) in [7, 11) is 0. The second-order valence-electron chi connectivity index (χ2n) is 4.20. The van der Waals surface area contributed by atoms with Crippen LogP contribution in [-0.2, 0) is 4.74 Å². The van der Waals surface area contributed by atoms with Crippen molar-refractivity contribution >= 4 is 16.7 Å². The minimum absolute atomic E-state index is 0.0625. The number of para-hydroxylation sites is 1. The van der Waals surface area contributed by atoms with Crippen LogP contribution in [0.25, 0.3) is 11.0 Å². The molecule has 1 aliphatic heterocycles. The molecule has 0 spiro atoms. The highest BCUT2D eigenvalue weighted by molar-refractivity contribution is 5.88. The van der Waals surface area contributed by atoms with Gasteiger partial charge in [0.2, 0.25) is 0 Å². The number of H-pyrrole nitrogens is 1. The van der Waals surface area contributed by atoms with Crippen LogP contribution in [0.4, 0.5) is 5.69 Å². The van der Waals surface area contributed by atoms with Gasteiger partial charge in [0.15, 0.2) is 0 Å². The number of aromatic amines is 1. The molecule has 0 aliphatic carbocycles. The van der Waals surface area contributed by atoms with Crippen LogP contribution in [0.1, 0.15) is 0 Å². The number of aliphatic hydroxyl groups excluding tert-OH is 1. The molecular weight excluding hydrogens is 218 g/mol. The zero-order valence-corrected chi connectivity index (χ0v) is 9.47. The predicted molar refractivity (Wildman–Crippen MR) is 65.1 cm³/mol. The first-order valence-corrected chi connectivity index (χ1v) is 5.78. The summed E-state index contributed by atoms with van der Waals surface area (Å²) >= 11 is 0. The van der Waals surface area contributed by atoms with Gasteiger partial charge >= 0.3 is 0 Å². The number of fused-ring (bicyclic) bond motifs is 1. The Labute approximate surface area is 99.0 Å². The van der Waals surface area contributed by atoms with Gasteiger partial charge in [-0.25, -0.2) is 4.98 Å². The molecule has 0 unspecified atom stereocenters. The van der Waals surface area contributed by atoms with E-state index in [0.29, 0.717) is 13.2 Å². The lowest BCUT2D eigenvalue weighted by molar-refractivity contribution is 0.00363. The standard InChI is InChI=1S/C12H15N3O2/c16-7-9-6-15(4-5-17-9)11-3-1-2-10-12(11)14-8-13-10/h1-3,8-9,16H,4-7H2,(H,13,14)/t9-/m0/s1. The Morgan fingerprint density at radius 2 is 2.47 bits per heavy atom. The molecule has 2 N–H and O–H groups in total. The molecule has 17 heavy (non-hydrogen) atoms. The van der Waals surface area contributed by atoms with Crippen molar-refractivity contribution < 1.29 is 9.84 Å². The van der Waals surface area contributed by atoms with Crippen molar-refractivity contribution in [2.45, 2.75) is 6.10 Å². The van der Waals surface area contributed by atoms with Gasteiger partial charge in [0.05, 0.1) is 36.8 Å². The lowest BCUT2D eigenvalue weighted by Gasteiger charge is -2.33. The van der Waals surface area contributed by atoms with Gasteiger partial charge in [-0.15, -0.1) is 0 Å². The van der Waals surface area contributed by atoms with Crippen molar-refractivity contribution in [1.29, 1.82) is 0 Å². The number of morpholine rings is 1. The van der Waals surface area contributed by atoms with Crippen molar-refractivity contribution in [1.82, 2.24) is 9.97 Å². The molecule has 5 nitrogen and oxygen atoms in total. The summed E-state index contributed by atoms with van der Waals surface area (Å²) in [5, 5.41) is 9.16. The van der Waals surface area contributed by atoms with Crippen molar-refractivity contribution in [3.63, 3.8) is 0 Å². The number of aromatic nitrogens is 2. The maximum atomic E-state index is 9.16. The Bertz CT molecular complexity index is 511. The molecule has 1 aliphatic rings. The number of aliphatic hydroxyl groups is 1. The first-order valence-electron chi connectivity index (χ1n) is 5.78. The molecule has 2 aromatic rings. The van der Waals surface area contributed by atoms with Crippen LogP contribution in [0.5, 0.6) is 0 Å². The van der Waals surface area contributed by atoms with Gasteiger partial charge in [0.1, 0.15) is 5.52 Å². The Morgan fingerprint density at radius 1 is 1.53 bits per heavy atom. The minimum atomic E-state index is -0.0991. The molecule has 3 rings (SSSR count). The predicted octanol–water partition coefficient (Wildman–Crippen LogP) is 0.760. The van der Waals surface area contributed by atoms with E-state index < -0.39 is 0 Å². The summed E-state index contributed by atoms with van der Waals surface area (Å²) in [4.78, 5) is 9.67. The minimum Gasteiger partial charge on any atom is -0.394 e. The highest BCUT2D eigenvalue weighted by atomic mass is 16.5. The van der Waals surface area contributed by atoms with Gasteiger partial charge in [0.25, 0.3) is 0 Å². The second kappa shape index (κ2) is 4.35. The quantitative estimate of drug-likeness (QED) is 0.804. The molecule has 1 aromatic heterocycles. The average molecular weight is 233 g/mol. The summed E-state index contributed by atoms with van der Waals surface area (Å²) in [6.45, 7) is 2.25. The largest absolute Gasteiger partial charge is 0.394 e. The fourth-order valence-electron chi connectivity index (χ4n) is 2.25. The van der Waals surface area contributed by atoms with Crippen LogP contribution in [0, 0.1) is 0 Å². The van der Waals surface area contributed by atoms with E-state index in [9.17, 15) is 0 Å². The van der Waals surface area contributed by atoms with Crippen molar-refractivity contribution in [2.75, 3.05) is 31.2 Å². The summed E-state index contributed by atoms with van der Waals surface area (Å²) in [5.74, 6) is 0. The van der Waals surface area contributed by atoms with Gasteiger partial charge in [0, 0.05) is 13.1 Å². The SMILES string of the molecule is OC[C@@H]1CN(c2cccc3[nH]cnc23)CCO1. The number of nitrogens with zero attached hydrogens (tertiary/aromatic N) is 2. The summed E-state index contributed by atoms with van der Waals surface area (Å²) in [5.41, 5.74) is 3.12. The number of imidazole rings is 1. The third-order valence-corrected chi connectivity index (χ3v) is 3.11. The molecule has 1 atom stereocenters. The molecule has 1 fully saturated rings. The number of ether oxygens (including phenoxy) is 1. The zero-order chi connectivity index (χ0) is 11.7. The lowest BCUT2D eigenvalue weighted by atomic mass is 10.2. The second-order valence-corrected chi connectivity index (χ2v) is 4.20. The smallest absolute Gasteiger partial charge is 0.112 e. The maximum Gasteiger partial charge on any atom is 0.112 e. The molecule has 2 heterocycles. The number of hydrogen-bond acceptors (Lipinski definition) is 4. The van der Waals surface area contributed by atoms with Crippen LogP contribution in [-0.4, -0.2) is 47.5 Å². The number of benzene rings is 1. The Hall–Kier alpha value is -1.59. The van der Waals surface area contributed by atoms with Crippen LogP contribution in [0.15, 0.2) is 24.5 Å². The van der Waals surface area contributed by atoms with Crippen LogP contribution >= 0.6 is 0 Å². The summed E-state index contributed by atoms with van der Waals surface area (Å²) in [6, 6.07) is 6.08. The molecule has 5 heteroatoms. The molecule has 0 amide bonds. The van der Waals surface area contributed by atoms with E-state index >= 15 is 0 Å². The Kier molecular flexibility index (Phi) is 2.70. The fourth-order valence-corrected chi connectivity index (χ4v) is 2.25. The summed E-state index contributed by atoms with van der Waals surface area (Å²) in [6.07, 6.45) is 1.61. The third kappa shape index (κ3) is 1.87. The number of hydrogen-bond donors (Lipinski definition) is 2. The van der Waals surface area contributed by atoms with Crippen molar-refractivity contribution in [2.24, 2.45) is 0 Å². The van der Waals surface area contributed by atoms with Crippen LogP contribution < -0.4 is 4.90 Å². The van der Waals surface area contributed by atoms with E-state index in [1.807, 2.05) is 12.1 Å². The van der Waals surface area contributed by atoms with Gasteiger partial charge in [-0.3, -0.25) is 0 Å². The summed E-state index contributed by atoms with van der Waals surface area (Å²) < 4.78 is 5.45. The van der Waals surface area contributed by atoms with Crippen molar-refractivity contribution in [3.05, 3.63) is 24.5 Å². The zero-order valence-electron chi connectivity index (χ0n) is 9.47. The van der Waals surface area contributed by atoms with Gasteiger partial charge in [-0.1, -0.05) is 6.07 Å². The van der Waals surface area contributed by atoms with E-state index in [0.717, 1.165) is 23.3 Å². The highest BCUT2D eigenvalue weighted by Gasteiger charge is 2.21. The lowest BCUT2D eigenvalue weighted by Crippen LogP contribution is -2.44. The van der Waals surface area contributed by atoms with E-state index in [2.05, 4.69) is 20.9 Å². The maximum absolute atomic E-state index is 9.16. The number of anilines is 1. The molecule has 1 aromatic carbocycles. The van der Waals surface area contributed by atoms with Crippen LogP contribution in [0.2, 0.25) is 0 Å². The van der Waals surface area contributed by atoms with E-state index in [1.54, 1.807) is 6.33 Å². The van der Waals surface area contributed by atoms with E-state index in [1.165, 1.54) is 0 Å². The van der Waals surface area contributed by atoms with Gasteiger partial charge < -0.3 is 19.7 Å². The first-order chi connectivity index (χ1) is 8.38. The molecule has 0 radical (unpaired) electrons. The van der Waals surface area contributed by atoms with Gasteiger partial charge in [-0.2, -0.15) is 0 Å². The van der Waals surface area contributed by atoms with E-state index in [-0.39, 0.29) is 12.7 Å². The molecule has 0 saturated carbocycles. The molecule has 90 valence electrons. The average Bonchev–Trinajstić information content (AvgIpc) is 2.87. The number of nitrogens with one attached hydrogen (secondary N) is 1. The van der Waals surface area contributed by atoms with E-state index in [4.69, 9.17) is 9.84 Å². The first kappa shape index (κ1) is 10.6. The Morgan fingerprint density at radius 3 is 3.35 bits per heavy atom. The molecular formula is C12H15N3O2. The topological polar surface area (TPSA) is 61.4 Å². The van der Waals surface area contributed by atoms with Gasteiger partial charge in [-0.05, 0) is 12.1 Å². The molecule has 1 saturated heterocycles. The monoisotopic (exact) mass is 233 g/mol. The third-order valence-electron chi connectivity index (χ3n) is 3.11. The normalized spacial score (nSPS) is 21.0. The Balaban J connectivity index is 1.94. The van der Waals surface area contributed by atoms with Crippen molar-refractivity contribution in [3.8, 4) is 0 Å². The highest BCUT2D eigenvalue weighted by Crippen LogP contribution is 2.25. The fraction of sp³-hybridized carbons (Fsp3) is 0.417. The van der Waals surface area contributed by atoms with Crippen LogP contribution in [0.3, 0.4) is 0 Å². The molecule has 0 bridgehead atoms. The number of rotatable bonds is 2.